The first-order valence-corrected chi connectivity index (χ1v) is 11.9. The number of para-hydroxylation sites is 3. The number of oxazole rings is 1. The van der Waals surface area contributed by atoms with E-state index >= 15 is 0 Å². The summed E-state index contributed by atoms with van der Waals surface area (Å²) in [5.74, 6) is 2.65. The molecule has 4 aromatic rings. The Labute approximate surface area is 200 Å². The average Bonchev–Trinajstić information content (AvgIpc) is 3.23. The summed E-state index contributed by atoms with van der Waals surface area (Å²) in [6.07, 6.45) is 2.04. The number of fused-ring (bicyclic) bond motifs is 1. The van der Waals surface area contributed by atoms with Crippen LogP contribution in [-0.4, -0.2) is 33.0 Å². The van der Waals surface area contributed by atoms with E-state index < -0.39 is 0 Å². The van der Waals surface area contributed by atoms with Gasteiger partial charge in [0.15, 0.2) is 5.58 Å². The Morgan fingerprint density at radius 3 is 1.91 bits per heavy atom. The molecule has 2 aromatic carbocycles. The minimum atomic E-state index is 0.403. The van der Waals surface area contributed by atoms with E-state index in [-0.39, 0.29) is 0 Å². The molecule has 2 aromatic heterocycles. The van der Waals surface area contributed by atoms with E-state index in [1.54, 1.807) is 0 Å². The van der Waals surface area contributed by atoms with Crippen LogP contribution in [-0.2, 0) is 0 Å². The molecule has 0 spiro atoms. The zero-order chi connectivity index (χ0) is 23.9. The Morgan fingerprint density at radius 1 is 0.735 bits per heavy atom. The molecule has 178 valence electrons. The lowest BCUT2D eigenvalue weighted by molar-refractivity contribution is 0.601. The summed E-state index contributed by atoms with van der Waals surface area (Å²) in [7, 11) is 0. The van der Waals surface area contributed by atoms with Crippen LogP contribution in [0.4, 0.5) is 29.5 Å². The molecule has 0 unspecified atom stereocenters. The van der Waals surface area contributed by atoms with E-state index in [1.807, 2.05) is 59.5 Å². The first-order valence-electron chi connectivity index (χ1n) is 11.9. The number of benzene rings is 2. The highest BCUT2D eigenvalue weighted by Gasteiger charge is 2.23. The molecule has 0 aliphatic carbocycles. The molecule has 34 heavy (non-hydrogen) atoms. The van der Waals surface area contributed by atoms with Gasteiger partial charge in [0, 0.05) is 13.1 Å². The Hall–Kier alpha value is -3.68. The highest BCUT2D eigenvalue weighted by atomic mass is 16.4. The van der Waals surface area contributed by atoms with E-state index in [2.05, 4.69) is 43.3 Å². The lowest BCUT2D eigenvalue weighted by atomic mass is 10.1. The topological polar surface area (TPSA) is 92.0 Å². The number of nitrogens with one attached hydrogen (secondary N) is 2. The second-order valence-electron chi connectivity index (χ2n) is 9.14. The van der Waals surface area contributed by atoms with Gasteiger partial charge in [0.2, 0.25) is 17.8 Å². The molecule has 0 atom stereocenters. The van der Waals surface area contributed by atoms with Gasteiger partial charge in [0.25, 0.3) is 0 Å². The first-order chi connectivity index (χ1) is 16.5. The van der Waals surface area contributed by atoms with Crippen LogP contribution in [0.3, 0.4) is 0 Å². The fourth-order valence-corrected chi connectivity index (χ4v) is 3.41. The largest absolute Gasteiger partial charge is 0.423 e. The minimum Gasteiger partial charge on any atom is -0.423 e. The van der Waals surface area contributed by atoms with Crippen LogP contribution in [0.2, 0.25) is 0 Å². The normalized spacial score (nSPS) is 11.4. The van der Waals surface area contributed by atoms with Crippen molar-refractivity contribution in [2.24, 2.45) is 11.8 Å². The van der Waals surface area contributed by atoms with Gasteiger partial charge in [-0.2, -0.15) is 19.9 Å². The third-order valence-corrected chi connectivity index (χ3v) is 5.32. The van der Waals surface area contributed by atoms with Gasteiger partial charge in [0.05, 0.1) is 5.69 Å². The van der Waals surface area contributed by atoms with Gasteiger partial charge in [-0.05, 0) is 48.9 Å². The summed E-state index contributed by atoms with van der Waals surface area (Å²) in [5.41, 5.74) is 2.33. The molecule has 8 nitrogen and oxygen atoms in total. The van der Waals surface area contributed by atoms with Crippen LogP contribution in [0, 0.1) is 11.8 Å². The van der Waals surface area contributed by atoms with Crippen molar-refractivity contribution in [2.75, 3.05) is 28.6 Å². The van der Waals surface area contributed by atoms with Crippen molar-refractivity contribution in [2.45, 2.75) is 40.5 Å². The fraction of sp³-hybridized carbons (Fsp3) is 0.385. The standard InChI is InChI=1S/C26H33N7O/c1-18(2)14-16-27-23-30-24(28-17-15-19(3)4)32-25(31-23)33(20-10-6-5-7-11-20)26-29-21-12-8-9-13-22(21)34-26/h5-13,18-19H,14-17H2,1-4H3,(H2,27,28,30,31,32). The van der Waals surface area contributed by atoms with E-state index in [1.165, 1.54) is 0 Å². The van der Waals surface area contributed by atoms with Crippen molar-refractivity contribution in [1.82, 2.24) is 19.9 Å². The van der Waals surface area contributed by atoms with Gasteiger partial charge >= 0.3 is 6.01 Å². The zero-order valence-electron chi connectivity index (χ0n) is 20.3. The first kappa shape index (κ1) is 23.5. The van der Waals surface area contributed by atoms with Crippen molar-refractivity contribution >= 4 is 40.6 Å². The maximum Gasteiger partial charge on any atom is 0.310 e. The molecule has 0 bridgehead atoms. The van der Waals surface area contributed by atoms with Crippen LogP contribution in [0.25, 0.3) is 11.1 Å². The summed E-state index contributed by atoms with van der Waals surface area (Å²) in [6.45, 7) is 10.3. The van der Waals surface area contributed by atoms with Gasteiger partial charge in [0.1, 0.15) is 5.52 Å². The van der Waals surface area contributed by atoms with E-state index in [9.17, 15) is 0 Å². The van der Waals surface area contributed by atoms with Gasteiger partial charge in [-0.3, -0.25) is 0 Å². The number of nitrogens with zero attached hydrogens (tertiary/aromatic N) is 5. The van der Waals surface area contributed by atoms with Crippen LogP contribution in [0.1, 0.15) is 40.5 Å². The summed E-state index contributed by atoms with van der Waals surface area (Å²) >= 11 is 0. The predicted octanol–water partition coefficient (Wildman–Crippen LogP) is 6.40. The molecule has 0 amide bonds. The lowest BCUT2D eigenvalue weighted by Crippen LogP contribution is -2.18. The molecular weight excluding hydrogens is 426 g/mol. The minimum absolute atomic E-state index is 0.403. The molecule has 0 aliphatic rings. The van der Waals surface area contributed by atoms with Crippen LogP contribution >= 0.6 is 0 Å². The summed E-state index contributed by atoms with van der Waals surface area (Å²) in [6, 6.07) is 18.0. The van der Waals surface area contributed by atoms with Crippen molar-refractivity contribution in [3.05, 3.63) is 54.6 Å². The number of hydrogen-bond acceptors (Lipinski definition) is 8. The quantitative estimate of drug-likeness (QED) is 0.266. The molecule has 8 heteroatoms. The molecule has 0 fully saturated rings. The van der Waals surface area contributed by atoms with Crippen molar-refractivity contribution in [1.29, 1.82) is 0 Å². The molecule has 2 N–H and O–H groups in total. The number of aromatic nitrogens is 4. The maximum absolute atomic E-state index is 6.12. The number of hydrogen-bond donors (Lipinski definition) is 2. The fourth-order valence-electron chi connectivity index (χ4n) is 3.41. The molecule has 2 heterocycles. The van der Waals surface area contributed by atoms with Crippen molar-refractivity contribution in [3.63, 3.8) is 0 Å². The monoisotopic (exact) mass is 459 g/mol. The van der Waals surface area contributed by atoms with E-state index in [4.69, 9.17) is 19.4 Å². The number of anilines is 5. The molecule has 0 saturated heterocycles. The summed E-state index contributed by atoms with van der Waals surface area (Å²) in [5, 5.41) is 6.72. The van der Waals surface area contributed by atoms with Gasteiger partial charge in [-0.15, -0.1) is 0 Å². The molecule has 0 radical (unpaired) electrons. The third kappa shape index (κ3) is 6.01. The highest BCUT2D eigenvalue weighted by Crippen LogP contribution is 2.34. The third-order valence-electron chi connectivity index (χ3n) is 5.32. The summed E-state index contributed by atoms with van der Waals surface area (Å²) < 4.78 is 6.12. The van der Waals surface area contributed by atoms with Crippen LogP contribution in [0.15, 0.2) is 59.0 Å². The Morgan fingerprint density at radius 2 is 1.32 bits per heavy atom. The Kier molecular flexibility index (Phi) is 7.57. The zero-order valence-corrected chi connectivity index (χ0v) is 20.3. The van der Waals surface area contributed by atoms with Crippen LogP contribution < -0.4 is 15.5 Å². The van der Waals surface area contributed by atoms with Gasteiger partial charge in [-0.1, -0.05) is 58.0 Å². The highest BCUT2D eigenvalue weighted by molar-refractivity contribution is 5.78. The molecule has 0 aliphatic heterocycles. The molecular formula is C26H33N7O. The lowest BCUT2D eigenvalue weighted by Gasteiger charge is -2.20. The smallest absolute Gasteiger partial charge is 0.310 e. The maximum atomic E-state index is 6.12. The van der Waals surface area contributed by atoms with E-state index in [0.29, 0.717) is 41.3 Å². The predicted molar refractivity (Wildman–Crippen MR) is 138 cm³/mol. The van der Waals surface area contributed by atoms with Crippen LogP contribution in [0.5, 0.6) is 0 Å². The van der Waals surface area contributed by atoms with Crippen molar-refractivity contribution in [3.8, 4) is 0 Å². The molecule has 4 rings (SSSR count). The SMILES string of the molecule is CC(C)CCNc1nc(NCCC(C)C)nc(N(c2ccccc2)c2nc3ccccc3o2)n1. The Balaban J connectivity index is 1.75. The second kappa shape index (κ2) is 11.0. The Bertz CT molecular complexity index is 1120. The van der Waals surface area contributed by atoms with Crippen molar-refractivity contribution < 1.29 is 4.42 Å². The number of rotatable bonds is 11. The van der Waals surface area contributed by atoms with Gasteiger partial charge in [-0.25, -0.2) is 4.90 Å². The molecule has 0 saturated carbocycles. The summed E-state index contributed by atoms with van der Waals surface area (Å²) in [4.78, 5) is 20.7. The van der Waals surface area contributed by atoms with Gasteiger partial charge < -0.3 is 15.1 Å². The second-order valence-corrected chi connectivity index (χ2v) is 9.14. The van der Waals surface area contributed by atoms with E-state index in [0.717, 1.165) is 37.1 Å². The average molecular weight is 460 g/mol.